The van der Waals surface area contributed by atoms with Crippen LogP contribution < -0.4 is 5.32 Å². The zero-order valence-electron chi connectivity index (χ0n) is 12.1. The Labute approximate surface area is 122 Å². The number of amides is 1. The summed E-state index contributed by atoms with van der Waals surface area (Å²) in [6.45, 7) is 2.33. The Hall–Kier alpha value is -2.28. The molecule has 0 aromatic carbocycles. The minimum Gasteiger partial charge on any atom is -0.384 e. The van der Waals surface area contributed by atoms with Crippen LogP contribution in [0.1, 0.15) is 30.2 Å². The van der Waals surface area contributed by atoms with Crippen molar-refractivity contribution in [3.8, 4) is 0 Å². The highest BCUT2D eigenvalue weighted by atomic mass is 16.5. The predicted molar refractivity (Wildman–Crippen MR) is 74.4 cm³/mol. The van der Waals surface area contributed by atoms with Gasteiger partial charge in [-0.25, -0.2) is 0 Å². The molecule has 0 saturated heterocycles. The van der Waals surface area contributed by atoms with Crippen molar-refractivity contribution in [1.29, 1.82) is 0 Å². The standard InChI is InChI=1S/C14H18N4O3/c1-10(14-17-12(18-21-14)5-7-20-2)16-13(19)8-11-4-3-6-15-9-11/h3-4,6,9-10H,5,7-8H2,1-2H3,(H,16,19)/t10-/m1/s1. The lowest BCUT2D eigenvalue weighted by Crippen LogP contribution is -2.28. The van der Waals surface area contributed by atoms with Crippen molar-refractivity contribution in [2.45, 2.75) is 25.8 Å². The molecule has 0 aliphatic heterocycles. The Morgan fingerprint density at radius 2 is 2.38 bits per heavy atom. The number of rotatable bonds is 7. The van der Waals surface area contributed by atoms with E-state index in [0.29, 0.717) is 24.7 Å². The molecule has 1 atom stereocenters. The summed E-state index contributed by atoms with van der Waals surface area (Å²) in [4.78, 5) is 20.1. The molecule has 112 valence electrons. The number of carbonyl (C=O) groups excluding carboxylic acids is 1. The van der Waals surface area contributed by atoms with Crippen molar-refractivity contribution in [2.24, 2.45) is 0 Å². The van der Waals surface area contributed by atoms with E-state index in [2.05, 4.69) is 20.4 Å². The van der Waals surface area contributed by atoms with Crippen LogP contribution in [-0.4, -0.2) is 34.7 Å². The molecule has 0 bridgehead atoms. The summed E-state index contributed by atoms with van der Waals surface area (Å²) >= 11 is 0. The molecule has 2 aromatic rings. The van der Waals surface area contributed by atoms with E-state index in [4.69, 9.17) is 9.26 Å². The van der Waals surface area contributed by atoms with Crippen molar-refractivity contribution in [3.05, 3.63) is 41.8 Å². The van der Waals surface area contributed by atoms with E-state index in [1.807, 2.05) is 6.07 Å². The average molecular weight is 290 g/mol. The van der Waals surface area contributed by atoms with E-state index in [9.17, 15) is 4.79 Å². The Bertz CT molecular complexity index is 571. The largest absolute Gasteiger partial charge is 0.384 e. The number of ether oxygens (including phenoxy) is 1. The van der Waals surface area contributed by atoms with Gasteiger partial charge in [0.1, 0.15) is 6.04 Å². The molecule has 1 amide bonds. The average Bonchev–Trinajstić information content (AvgIpc) is 2.95. The maximum Gasteiger partial charge on any atom is 0.248 e. The molecule has 0 spiro atoms. The summed E-state index contributed by atoms with van der Waals surface area (Å²) in [6.07, 6.45) is 4.18. The third kappa shape index (κ3) is 4.64. The number of hydrogen-bond acceptors (Lipinski definition) is 6. The molecule has 0 radical (unpaired) electrons. The molecule has 0 aliphatic carbocycles. The van der Waals surface area contributed by atoms with Crippen molar-refractivity contribution in [1.82, 2.24) is 20.4 Å². The van der Waals surface area contributed by atoms with Gasteiger partial charge in [-0.15, -0.1) is 0 Å². The highest BCUT2D eigenvalue weighted by Gasteiger charge is 2.16. The Kier molecular flexibility index (Phi) is 5.39. The molecule has 7 nitrogen and oxygen atoms in total. The van der Waals surface area contributed by atoms with Gasteiger partial charge in [0.2, 0.25) is 11.8 Å². The molecular weight excluding hydrogens is 272 g/mol. The lowest BCUT2D eigenvalue weighted by molar-refractivity contribution is -0.121. The normalized spacial score (nSPS) is 12.1. The molecule has 1 N–H and O–H groups in total. The van der Waals surface area contributed by atoms with Gasteiger partial charge in [0.15, 0.2) is 5.82 Å². The van der Waals surface area contributed by atoms with Crippen molar-refractivity contribution in [3.63, 3.8) is 0 Å². The van der Waals surface area contributed by atoms with Gasteiger partial charge in [0, 0.05) is 25.9 Å². The highest BCUT2D eigenvalue weighted by molar-refractivity contribution is 5.78. The second-order valence-electron chi connectivity index (χ2n) is 4.62. The molecule has 0 saturated carbocycles. The molecule has 2 heterocycles. The van der Waals surface area contributed by atoms with Gasteiger partial charge >= 0.3 is 0 Å². The SMILES string of the molecule is COCCc1noc([C@@H](C)NC(=O)Cc2cccnc2)n1. The zero-order chi connectivity index (χ0) is 15.1. The minimum atomic E-state index is -0.335. The van der Waals surface area contributed by atoms with Crippen molar-refractivity contribution in [2.75, 3.05) is 13.7 Å². The van der Waals surface area contributed by atoms with Gasteiger partial charge in [-0.1, -0.05) is 11.2 Å². The summed E-state index contributed by atoms with van der Waals surface area (Å²) in [7, 11) is 1.61. The third-order valence-corrected chi connectivity index (χ3v) is 2.85. The number of nitrogens with one attached hydrogen (secondary N) is 1. The van der Waals surface area contributed by atoms with Crippen LogP contribution >= 0.6 is 0 Å². The molecule has 2 aromatic heterocycles. The Morgan fingerprint density at radius 3 is 3.10 bits per heavy atom. The fourth-order valence-electron chi connectivity index (χ4n) is 1.78. The number of aromatic nitrogens is 3. The van der Waals surface area contributed by atoms with Crippen molar-refractivity contribution < 1.29 is 14.1 Å². The number of nitrogens with zero attached hydrogens (tertiary/aromatic N) is 3. The highest BCUT2D eigenvalue weighted by Crippen LogP contribution is 2.10. The van der Waals surface area contributed by atoms with E-state index in [1.54, 1.807) is 32.5 Å². The summed E-state index contributed by atoms with van der Waals surface area (Å²) < 4.78 is 10.1. The molecule has 2 rings (SSSR count). The van der Waals surface area contributed by atoms with Crippen LogP contribution in [0, 0.1) is 0 Å². The molecular formula is C14H18N4O3. The van der Waals surface area contributed by atoms with Crippen LogP contribution in [0.5, 0.6) is 0 Å². The van der Waals surface area contributed by atoms with Crippen LogP contribution in [0.3, 0.4) is 0 Å². The summed E-state index contributed by atoms with van der Waals surface area (Å²) in [5.41, 5.74) is 0.855. The molecule has 7 heteroatoms. The van der Waals surface area contributed by atoms with E-state index in [1.165, 1.54) is 0 Å². The van der Waals surface area contributed by atoms with E-state index in [0.717, 1.165) is 5.56 Å². The van der Waals surface area contributed by atoms with Crippen molar-refractivity contribution >= 4 is 5.91 Å². The maximum absolute atomic E-state index is 11.9. The third-order valence-electron chi connectivity index (χ3n) is 2.85. The van der Waals surface area contributed by atoms with Gasteiger partial charge in [-0.05, 0) is 18.6 Å². The first-order chi connectivity index (χ1) is 10.2. The first-order valence-electron chi connectivity index (χ1n) is 6.68. The smallest absolute Gasteiger partial charge is 0.248 e. The monoisotopic (exact) mass is 290 g/mol. The quantitative estimate of drug-likeness (QED) is 0.820. The predicted octanol–water partition coefficient (Wildman–Crippen LogP) is 1.07. The molecule has 0 aliphatic rings. The number of pyridine rings is 1. The van der Waals surface area contributed by atoms with Crippen LogP contribution in [-0.2, 0) is 22.4 Å². The maximum atomic E-state index is 11.9. The molecule has 21 heavy (non-hydrogen) atoms. The van der Waals surface area contributed by atoms with Gasteiger partial charge in [0.25, 0.3) is 0 Å². The first kappa shape index (κ1) is 15.1. The molecule has 0 fully saturated rings. The second-order valence-corrected chi connectivity index (χ2v) is 4.62. The lowest BCUT2D eigenvalue weighted by Gasteiger charge is -2.09. The number of carbonyl (C=O) groups is 1. The van der Waals surface area contributed by atoms with Gasteiger partial charge < -0.3 is 14.6 Å². The lowest BCUT2D eigenvalue weighted by atomic mass is 10.2. The van der Waals surface area contributed by atoms with Crippen LogP contribution in [0.15, 0.2) is 29.0 Å². The fourth-order valence-corrected chi connectivity index (χ4v) is 1.78. The van der Waals surface area contributed by atoms with Gasteiger partial charge in [-0.2, -0.15) is 4.98 Å². The number of methoxy groups -OCH3 is 1. The van der Waals surface area contributed by atoms with Gasteiger partial charge in [-0.3, -0.25) is 9.78 Å². The summed E-state index contributed by atoms with van der Waals surface area (Å²) in [5, 5.41) is 6.66. The van der Waals surface area contributed by atoms with Gasteiger partial charge in [0.05, 0.1) is 13.0 Å². The van der Waals surface area contributed by atoms with E-state index >= 15 is 0 Å². The molecule has 0 unspecified atom stereocenters. The number of hydrogen-bond donors (Lipinski definition) is 1. The Balaban J connectivity index is 1.87. The van der Waals surface area contributed by atoms with Crippen LogP contribution in [0.2, 0.25) is 0 Å². The van der Waals surface area contributed by atoms with E-state index in [-0.39, 0.29) is 18.4 Å². The van der Waals surface area contributed by atoms with E-state index < -0.39 is 0 Å². The fraction of sp³-hybridized carbons (Fsp3) is 0.429. The zero-order valence-corrected chi connectivity index (χ0v) is 12.1. The first-order valence-corrected chi connectivity index (χ1v) is 6.68. The summed E-state index contributed by atoms with van der Waals surface area (Å²) in [6, 6.07) is 3.32. The van der Waals surface area contributed by atoms with Crippen LogP contribution in [0.25, 0.3) is 0 Å². The Morgan fingerprint density at radius 1 is 1.52 bits per heavy atom. The summed E-state index contributed by atoms with van der Waals surface area (Å²) in [5.74, 6) is 0.841. The van der Waals surface area contributed by atoms with Crippen LogP contribution in [0.4, 0.5) is 0 Å². The second kappa shape index (κ2) is 7.49. The minimum absolute atomic E-state index is 0.118. The topological polar surface area (TPSA) is 90.1 Å².